The lowest BCUT2D eigenvalue weighted by Crippen LogP contribution is -2.69. The Hall–Kier alpha value is -0.980. The Kier molecular flexibility index (Phi) is 4.36. The van der Waals surface area contributed by atoms with Gasteiger partial charge in [0.15, 0.2) is 17.2 Å². The topological polar surface area (TPSA) is 74.6 Å². The van der Waals surface area contributed by atoms with Gasteiger partial charge in [0.2, 0.25) is 0 Å². The molecule has 4 aliphatic carbocycles. The molecule has 3 fully saturated rings. The number of hydrogen-bond acceptors (Lipinski definition) is 5. The normalized spacial score (nSPS) is 52.5. The van der Waals surface area contributed by atoms with E-state index in [1.54, 1.807) is 13.0 Å². The van der Waals surface area contributed by atoms with Gasteiger partial charge < -0.3 is 10.2 Å². The SMILES string of the molecule is C[C@@H]1C[C@H]2[C@@H]3CCC4=CC(=O)C=C[C@]4(C)C3(F)[C@@H](O)C[C@]2(C)[C@@]1(O)C(=O)CS. The molecule has 154 valence electrons. The lowest BCUT2D eigenvalue weighted by atomic mass is 9.44. The van der Waals surface area contributed by atoms with Crippen molar-refractivity contribution in [3.8, 4) is 0 Å². The maximum atomic E-state index is 16.9. The number of hydrogen-bond donors (Lipinski definition) is 3. The van der Waals surface area contributed by atoms with E-state index in [1.165, 1.54) is 12.2 Å². The van der Waals surface area contributed by atoms with Crippen LogP contribution in [-0.4, -0.2) is 44.9 Å². The van der Waals surface area contributed by atoms with Crippen molar-refractivity contribution in [3.05, 3.63) is 23.8 Å². The van der Waals surface area contributed by atoms with E-state index in [0.717, 1.165) is 5.57 Å². The smallest absolute Gasteiger partial charge is 0.178 e. The van der Waals surface area contributed by atoms with Crippen LogP contribution in [0.2, 0.25) is 0 Å². The highest BCUT2D eigenvalue weighted by Crippen LogP contribution is 2.70. The van der Waals surface area contributed by atoms with Gasteiger partial charge in [0, 0.05) is 16.7 Å². The third-order valence-electron chi connectivity index (χ3n) is 8.79. The number of alkyl halides is 1. The maximum absolute atomic E-state index is 16.9. The van der Waals surface area contributed by atoms with Crippen LogP contribution >= 0.6 is 12.6 Å². The quantitative estimate of drug-likeness (QED) is 0.615. The number of thiol groups is 1. The standard InChI is InChI=1S/C22H29FO4S/c1-12-8-16-15-5-4-13-9-14(24)6-7-19(13,2)21(15,23)17(25)10-20(16,3)22(12,27)18(26)11-28/h6-7,9,12,15-17,25,27-28H,4-5,8,10-11H2,1-3H3/t12-,15+,16+,17+,19+,20+,21?,22+/m1/s1. The zero-order valence-corrected chi connectivity index (χ0v) is 17.5. The summed E-state index contributed by atoms with van der Waals surface area (Å²) < 4.78 is 16.9. The molecule has 4 nitrogen and oxygen atoms in total. The van der Waals surface area contributed by atoms with Gasteiger partial charge >= 0.3 is 0 Å². The molecule has 0 aromatic carbocycles. The summed E-state index contributed by atoms with van der Waals surface area (Å²) in [4.78, 5) is 24.6. The minimum atomic E-state index is -1.94. The number of halogens is 1. The summed E-state index contributed by atoms with van der Waals surface area (Å²) in [5.74, 6) is -1.63. The summed E-state index contributed by atoms with van der Waals surface area (Å²) in [5, 5.41) is 22.7. The van der Waals surface area contributed by atoms with E-state index in [4.69, 9.17) is 0 Å². The highest BCUT2D eigenvalue weighted by Gasteiger charge is 2.75. The molecule has 4 rings (SSSR count). The lowest BCUT2D eigenvalue weighted by molar-refractivity contribution is -0.218. The van der Waals surface area contributed by atoms with Crippen LogP contribution in [-0.2, 0) is 9.59 Å². The number of Topliss-reactive ketones (excluding diaryl/α,β-unsaturated/α-hetero) is 1. The van der Waals surface area contributed by atoms with Crippen molar-refractivity contribution in [1.29, 1.82) is 0 Å². The first kappa shape index (κ1) is 20.3. The summed E-state index contributed by atoms with van der Waals surface area (Å²) in [7, 11) is 0. The Balaban J connectivity index is 1.84. The van der Waals surface area contributed by atoms with Crippen LogP contribution in [0.5, 0.6) is 0 Å². The van der Waals surface area contributed by atoms with Crippen LogP contribution in [0.3, 0.4) is 0 Å². The Morgan fingerprint density at radius 2 is 2.04 bits per heavy atom. The average Bonchev–Trinajstić information content (AvgIpc) is 2.84. The lowest BCUT2D eigenvalue weighted by Gasteiger charge is -2.62. The largest absolute Gasteiger partial charge is 0.390 e. The van der Waals surface area contributed by atoms with Gasteiger partial charge in [0.1, 0.15) is 5.60 Å². The molecular weight excluding hydrogens is 379 g/mol. The number of allylic oxidation sites excluding steroid dienone is 4. The van der Waals surface area contributed by atoms with E-state index in [0.29, 0.717) is 19.3 Å². The molecule has 0 bridgehead atoms. The summed E-state index contributed by atoms with van der Waals surface area (Å²) >= 11 is 4.10. The Morgan fingerprint density at radius 1 is 1.36 bits per heavy atom. The summed E-state index contributed by atoms with van der Waals surface area (Å²) in [6.45, 7) is 5.44. The van der Waals surface area contributed by atoms with Crippen molar-refractivity contribution >= 4 is 24.2 Å². The third kappa shape index (κ3) is 2.09. The van der Waals surface area contributed by atoms with E-state index in [-0.39, 0.29) is 35.6 Å². The molecule has 2 N–H and O–H groups in total. The van der Waals surface area contributed by atoms with Gasteiger partial charge in [-0.05, 0) is 56.6 Å². The summed E-state index contributed by atoms with van der Waals surface area (Å²) in [6.07, 6.45) is 4.80. The van der Waals surface area contributed by atoms with Gasteiger partial charge in [-0.15, -0.1) is 0 Å². The fraction of sp³-hybridized carbons (Fsp3) is 0.727. The van der Waals surface area contributed by atoms with Crippen LogP contribution < -0.4 is 0 Å². The van der Waals surface area contributed by atoms with E-state index in [9.17, 15) is 19.8 Å². The number of rotatable bonds is 2. The molecule has 1 unspecified atom stereocenters. The van der Waals surface area contributed by atoms with Crippen LogP contribution in [0.1, 0.15) is 46.5 Å². The van der Waals surface area contributed by atoms with Gasteiger partial charge in [-0.2, -0.15) is 12.6 Å². The van der Waals surface area contributed by atoms with Crippen molar-refractivity contribution in [2.24, 2.45) is 28.6 Å². The van der Waals surface area contributed by atoms with Crippen molar-refractivity contribution < 1.29 is 24.2 Å². The highest BCUT2D eigenvalue weighted by atomic mass is 32.1. The molecule has 3 saturated carbocycles. The molecule has 0 radical (unpaired) electrons. The summed E-state index contributed by atoms with van der Waals surface area (Å²) in [6, 6.07) is 0. The van der Waals surface area contributed by atoms with E-state index in [2.05, 4.69) is 12.6 Å². The molecule has 28 heavy (non-hydrogen) atoms. The van der Waals surface area contributed by atoms with E-state index < -0.39 is 34.1 Å². The zero-order chi connectivity index (χ0) is 20.7. The molecule has 0 aromatic heterocycles. The second-order valence-corrected chi connectivity index (χ2v) is 10.1. The zero-order valence-electron chi connectivity index (χ0n) is 16.6. The minimum Gasteiger partial charge on any atom is -0.390 e. The second kappa shape index (κ2) is 6.02. The van der Waals surface area contributed by atoms with Gasteiger partial charge in [-0.3, -0.25) is 9.59 Å². The Bertz CT molecular complexity index is 808. The van der Waals surface area contributed by atoms with Gasteiger partial charge in [-0.25, -0.2) is 4.39 Å². The number of aliphatic hydroxyl groups excluding tert-OH is 1. The fourth-order valence-electron chi connectivity index (χ4n) is 7.26. The molecule has 0 spiro atoms. The molecule has 0 amide bonds. The van der Waals surface area contributed by atoms with Crippen molar-refractivity contribution in [3.63, 3.8) is 0 Å². The molecule has 0 saturated heterocycles. The Morgan fingerprint density at radius 3 is 2.68 bits per heavy atom. The molecular formula is C22H29FO4S. The maximum Gasteiger partial charge on any atom is 0.178 e. The molecule has 4 aliphatic rings. The molecule has 0 aromatic rings. The first-order chi connectivity index (χ1) is 13.0. The Labute approximate surface area is 170 Å². The predicted octanol–water partition coefficient (Wildman–Crippen LogP) is 2.83. The molecule has 0 heterocycles. The van der Waals surface area contributed by atoms with Gasteiger partial charge in [-0.1, -0.05) is 25.5 Å². The van der Waals surface area contributed by atoms with Crippen LogP contribution in [0, 0.1) is 28.6 Å². The molecule has 0 aliphatic heterocycles. The van der Waals surface area contributed by atoms with Gasteiger partial charge in [0.25, 0.3) is 0 Å². The van der Waals surface area contributed by atoms with Crippen LogP contribution in [0.15, 0.2) is 23.8 Å². The van der Waals surface area contributed by atoms with E-state index in [1.807, 2.05) is 13.8 Å². The van der Waals surface area contributed by atoms with Crippen LogP contribution in [0.4, 0.5) is 4.39 Å². The van der Waals surface area contributed by atoms with Crippen LogP contribution in [0.25, 0.3) is 0 Å². The number of ketones is 2. The minimum absolute atomic E-state index is 0.00960. The van der Waals surface area contributed by atoms with E-state index >= 15 is 4.39 Å². The number of carbonyl (C=O) groups excluding carboxylic acids is 2. The molecule has 8 atom stereocenters. The second-order valence-electron chi connectivity index (χ2n) is 9.75. The van der Waals surface area contributed by atoms with Crippen molar-refractivity contribution in [2.75, 3.05) is 5.75 Å². The third-order valence-corrected chi connectivity index (χ3v) is 9.08. The fourth-order valence-corrected chi connectivity index (χ4v) is 7.50. The molecule has 6 heteroatoms. The van der Waals surface area contributed by atoms with Crippen molar-refractivity contribution in [1.82, 2.24) is 0 Å². The average molecular weight is 409 g/mol. The first-order valence-electron chi connectivity index (χ1n) is 10.1. The van der Waals surface area contributed by atoms with Gasteiger partial charge in [0.05, 0.1) is 11.9 Å². The summed E-state index contributed by atoms with van der Waals surface area (Å²) in [5.41, 5.74) is -4.78. The van der Waals surface area contributed by atoms with Crippen molar-refractivity contribution in [2.45, 2.75) is 63.8 Å². The predicted molar refractivity (Wildman–Crippen MR) is 107 cm³/mol. The monoisotopic (exact) mass is 408 g/mol. The number of fused-ring (bicyclic) bond motifs is 5. The number of aliphatic hydroxyl groups is 2. The first-order valence-corrected chi connectivity index (χ1v) is 10.8. The number of carbonyl (C=O) groups is 2. The highest BCUT2D eigenvalue weighted by molar-refractivity contribution is 7.81.